The number of aliphatic imine (C=N–C) groups is 1. The molecule has 1 aliphatic heterocycles. The highest BCUT2D eigenvalue weighted by Gasteiger charge is 2.17. The SMILES string of the molecule is CCN1CCN(CC(C)CNC(=NC)NCCc2cccs2)CC1. The fraction of sp³-hybridized carbons (Fsp3) is 0.722. The Balaban J connectivity index is 1.60. The minimum absolute atomic E-state index is 0.619. The van der Waals surface area contributed by atoms with Gasteiger partial charge in [0.2, 0.25) is 0 Å². The van der Waals surface area contributed by atoms with Crippen molar-refractivity contribution in [2.45, 2.75) is 20.3 Å². The van der Waals surface area contributed by atoms with E-state index in [9.17, 15) is 0 Å². The van der Waals surface area contributed by atoms with Gasteiger partial charge in [-0.1, -0.05) is 19.9 Å². The first-order chi connectivity index (χ1) is 11.7. The van der Waals surface area contributed by atoms with Gasteiger partial charge in [-0.2, -0.15) is 0 Å². The Labute approximate surface area is 151 Å². The molecule has 1 fully saturated rings. The van der Waals surface area contributed by atoms with E-state index in [1.807, 2.05) is 18.4 Å². The van der Waals surface area contributed by atoms with Crippen LogP contribution in [0.4, 0.5) is 0 Å². The van der Waals surface area contributed by atoms with Crippen LogP contribution < -0.4 is 10.6 Å². The number of rotatable bonds is 8. The highest BCUT2D eigenvalue weighted by Crippen LogP contribution is 2.08. The van der Waals surface area contributed by atoms with Crippen LogP contribution in [0.5, 0.6) is 0 Å². The Bertz CT molecular complexity index is 466. The summed E-state index contributed by atoms with van der Waals surface area (Å²) in [7, 11) is 1.84. The number of hydrogen-bond acceptors (Lipinski definition) is 4. The molecule has 0 bridgehead atoms. The van der Waals surface area contributed by atoms with Crippen LogP contribution in [0.15, 0.2) is 22.5 Å². The third-order valence-electron chi connectivity index (χ3n) is 4.57. The lowest BCUT2D eigenvalue weighted by molar-refractivity contribution is 0.124. The maximum Gasteiger partial charge on any atom is 0.190 e. The van der Waals surface area contributed by atoms with Crippen LogP contribution in [-0.2, 0) is 6.42 Å². The van der Waals surface area contributed by atoms with E-state index in [1.54, 1.807) is 0 Å². The topological polar surface area (TPSA) is 42.9 Å². The molecule has 0 aromatic carbocycles. The molecule has 136 valence electrons. The molecule has 1 aromatic heterocycles. The quantitative estimate of drug-likeness (QED) is 0.553. The molecular formula is C18H33N5S. The second kappa shape index (κ2) is 10.7. The van der Waals surface area contributed by atoms with Crippen LogP contribution in [0.25, 0.3) is 0 Å². The molecule has 2 heterocycles. The fourth-order valence-corrected chi connectivity index (χ4v) is 3.75. The number of thiophene rings is 1. The minimum Gasteiger partial charge on any atom is -0.356 e. The molecule has 1 unspecified atom stereocenters. The molecule has 24 heavy (non-hydrogen) atoms. The molecule has 0 spiro atoms. The maximum atomic E-state index is 4.32. The van der Waals surface area contributed by atoms with Crippen LogP contribution in [0.1, 0.15) is 18.7 Å². The van der Waals surface area contributed by atoms with Crippen LogP contribution in [0.3, 0.4) is 0 Å². The lowest BCUT2D eigenvalue weighted by Crippen LogP contribution is -2.48. The Morgan fingerprint density at radius 3 is 2.62 bits per heavy atom. The second-order valence-corrected chi connectivity index (χ2v) is 7.58. The van der Waals surface area contributed by atoms with Gasteiger partial charge in [-0.25, -0.2) is 0 Å². The standard InChI is InChI=1S/C18H33N5S/c1-4-22-9-11-23(12-10-22)15-16(2)14-21-18(19-3)20-8-7-17-6-5-13-24-17/h5-6,13,16H,4,7-12,14-15H2,1-3H3,(H2,19,20,21). The van der Waals surface area contributed by atoms with E-state index < -0.39 is 0 Å². The zero-order valence-corrected chi connectivity index (χ0v) is 16.2. The number of piperazine rings is 1. The first-order valence-corrected chi connectivity index (χ1v) is 10.0. The van der Waals surface area contributed by atoms with Gasteiger partial charge in [-0.3, -0.25) is 4.99 Å². The Kier molecular flexibility index (Phi) is 8.56. The third-order valence-corrected chi connectivity index (χ3v) is 5.50. The van der Waals surface area contributed by atoms with Crippen LogP contribution in [0.2, 0.25) is 0 Å². The predicted molar refractivity (Wildman–Crippen MR) is 105 cm³/mol. The lowest BCUT2D eigenvalue weighted by atomic mass is 10.1. The molecule has 1 saturated heterocycles. The average molecular weight is 352 g/mol. The van der Waals surface area contributed by atoms with E-state index in [4.69, 9.17) is 0 Å². The molecular weight excluding hydrogens is 318 g/mol. The van der Waals surface area contributed by atoms with Gasteiger partial charge in [0, 0.05) is 57.7 Å². The number of nitrogens with zero attached hydrogens (tertiary/aromatic N) is 3. The van der Waals surface area contributed by atoms with Crippen LogP contribution in [0, 0.1) is 5.92 Å². The minimum atomic E-state index is 0.619. The number of guanidine groups is 1. The van der Waals surface area contributed by atoms with Crippen molar-refractivity contribution in [3.05, 3.63) is 22.4 Å². The molecule has 2 N–H and O–H groups in total. The van der Waals surface area contributed by atoms with Crippen molar-refractivity contribution in [1.82, 2.24) is 20.4 Å². The third kappa shape index (κ3) is 6.79. The second-order valence-electron chi connectivity index (χ2n) is 6.55. The van der Waals surface area contributed by atoms with E-state index in [0.717, 1.165) is 32.0 Å². The zero-order chi connectivity index (χ0) is 17.2. The molecule has 1 aliphatic rings. The largest absolute Gasteiger partial charge is 0.356 e. The zero-order valence-electron chi connectivity index (χ0n) is 15.4. The van der Waals surface area contributed by atoms with Crippen molar-refractivity contribution in [3.8, 4) is 0 Å². The van der Waals surface area contributed by atoms with Gasteiger partial charge < -0.3 is 20.4 Å². The number of likely N-dealkylation sites (N-methyl/N-ethyl adjacent to an activating group) is 1. The summed E-state index contributed by atoms with van der Waals surface area (Å²) in [5, 5.41) is 9.00. The summed E-state index contributed by atoms with van der Waals surface area (Å²) in [6.07, 6.45) is 1.05. The van der Waals surface area contributed by atoms with Crippen LogP contribution in [-0.4, -0.2) is 75.2 Å². The van der Waals surface area contributed by atoms with Crippen molar-refractivity contribution in [2.75, 3.05) is 59.4 Å². The van der Waals surface area contributed by atoms with E-state index in [-0.39, 0.29) is 0 Å². The van der Waals surface area contributed by atoms with Crippen molar-refractivity contribution in [2.24, 2.45) is 10.9 Å². The highest BCUT2D eigenvalue weighted by atomic mass is 32.1. The molecule has 2 rings (SSSR count). The van der Waals surface area contributed by atoms with Gasteiger partial charge in [0.05, 0.1) is 0 Å². The van der Waals surface area contributed by atoms with Gasteiger partial charge >= 0.3 is 0 Å². The highest BCUT2D eigenvalue weighted by molar-refractivity contribution is 7.09. The summed E-state index contributed by atoms with van der Waals surface area (Å²) in [4.78, 5) is 10.9. The predicted octanol–water partition coefficient (Wildman–Crippen LogP) is 1.73. The van der Waals surface area contributed by atoms with Gasteiger partial charge in [0.1, 0.15) is 0 Å². The van der Waals surface area contributed by atoms with Gasteiger partial charge in [-0.05, 0) is 30.3 Å². The Hall–Kier alpha value is -1.11. The summed E-state index contributed by atoms with van der Waals surface area (Å²) in [6.45, 7) is 13.6. The first-order valence-electron chi connectivity index (χ1n) is 9.12. The summed E-state index contributed by atoms with van der Waals surface area (Å²) in [6, 6.07) is 4.29. The maximum absolute atomic E-state index is 4.32. The number of nitrogens with one attached hydrogen (secondary N) is 2. The van der Waals surface area contributed by atoms with E-state index in [1.165, 1.54) is 37.6 Å². The van der Waals surface area contributed by atoms with Crippen molar-refractivity contribution in [3.63, 3.8) is 0 Å². The summed E-state index contributed by atoms with van der Waals surface area (Å²) in [5.74, 6) is 1.53. The average Bonchev–Trinajstić information content (AvgIpc) is 3.12. The fourth-order valence-electron chi connectivity index (χ4n) is 3.04. The van der Waals surface area contributed by atoms with Gasteiger partial charge in [0.25, 0.3) is 0 Å². The van der Waals surface area contributed by atoms with E-state index in [2.05, 4.69) is 56.8 Å². The van der Waals surface area contributed by atoms with Crippen molar-refractivity contribution in [1.29, 1.82) is 0 Å². The molecule has 0 radical (unpaired) electrons. The van der Waals surface area contributed by atoms with Crippen molar-refractivity contribution < 1.29 is 0 Å². The summed E-state index contributed by atoms with van der Waals surface area (Å²) >= 11 is 1.81. The lowest BCUT2D eigenvalue weighted by Gasteiger charge is -2.35. The monoisotopic (exact) mass is 351 g/mol. The Morgan fingerprint density at radius 2 is 2.00 bits per heavy atom. The molecule has 1 atom stereocenters. The first kappa shape index (κ1) is 19.2. The summed E-state index contributed by atoms with van der Waals surface area (Å²) in [5.41, 5.74) is 0. The molecule has 6 heteroatoms. The smallest absolute Gasteiger partial charge is 0.190 e. The Morgan fingerprint density at radius 1 is 1.25 bits per heavy atom. The molecule has 5 nitrogen and oxygen atoms in total. The summed E-state index contributed by atoms with van der Waals surface area (Å²) < 4.78 is 0. The molecule has 1 aromatic rings. The van der Waals surface area contributed by atoms with Crippen molar-refractivity contribution >= 4 is 17.3 Å². The molecule has 0 amide bonds. The van der Waals surface area contributed by atoms with Gasteiger partial charge in [0.15, 0.2) is 5.96 Å². The van der Waals surface area contributed by atoms with Gasteiger partial charge in [-0.15, -0.1) is 11.3 Å². The molecule has 0 saturated carbocycles. The van der Waals surface area contributed by atoms with E-state index >= 15 is 0 Å². The van der Waals surface area contributed by atoms with E-state index in [0.29, 0.717) is 5.92 Å². The molecule has 0 aliphatic carbocycles. The van der Waals surface area contributed by atoms with Crippen LogP contribution >= 0.6 is 11.3 Å². The number of hydrogen-bond donors (Lipinski definition) is 2. The normalized spacial score (nSPS) is 18.5.